The number of thioether (sulfide) groups is 1. The minimum atomic E-state index is 0.248. The molecule has 108 valence electrons. The lowest BCUT2D eigenvalue weighted by molar-refractivity contribution is 0.644. The van der Waals surface area contributed by atoms with Gasteiger partial charge in [0.25, 0.3) is 0 Å². The smallest absolute Gasteiger partial charge is 0.226 e. The molecule has 0 unspecified atom stereocenters. The molecular weight excluding hydrogens is 272 g/mol. The highest BCUT2D eigenvalue weighted by molar-refractivity contribution is 8.00. The van der Waals surface area contributed by atoms with Crippen molar-refractivity contribution >= 4 is 34.6 Å². The van der Waals surface area contributed by atoms with Gasteiger partial charge in [0, 0.05) is 30.1 Å². The Morgan fingerprint density at radius 2 is 2.30 bits per heavy atom. The van der Waals surface area contributed by atoms with E-state index < -0.39 is 0 Å². The molecule has 0 aromatic carbocycles. The summed E-state index contributed by atoms with van der Waals surface area (Å²) in [6.07, 6.45) is 1.81. The van der Waals surface area contributed by atoms with Crippen molar-refractivity contribution in [2.75, 3.05) is 35.6 Å². The Kier molecular flexibility index (Phi) is 3.45. The van der Waals surface area contributed by atoms with Gasteiger partial charge in [-0.3, -0.25) is 5.10 Å². The molecule has 0 spiro atoms. The molecule has 2 aromatic rings. The molecule has 0 aliphatic carbocycles. The predicted molar refractivity (Wildman–Crippen MR) is 84.6 cm³/mol. The van der Waals surface area contributed by atoms with Crippen LogP contribution >= 0.6 is 11.8 Å². The van der Waals surface area contributed by atoms with Gasteiger partial charge >= 0.3 is 0 Å². The molecule has 0 saturated carbocycles. The lowest BCUT2D eigenvalue weighted by Crippen LogP contribution is -2.43. The van der Waals surface area contributed by atoms with E-state index >= 15 is 0 Å². The minimum absolute atomic E-state index is 0.248. The maximum absolute atomic E-state index is 4.69. The van der Waals surface area contributed by atoms with E-state index in [4.69, 9.17) is 0 Å². The van der Waals surface area contributed by atoms with Gasteiger partial charge in [0.2, 0.25) is 5.95 Å². The molecule has 3 rings (SSSR count). The molecule has 2 aromatic heterocycles. The third kappa shape index (κ3) is 2.54. The van der Waals surface area contributed by atoms with Crippen LogP contribution < -0.4 is 10.2 Å². The maximum atomic E-state index is 4.69. The van der Waals surface area contributed by atoms with Crippen molar-refractivity contribution in [3.05, 3.63) is 6.20 Å². The lowest BCUT2D eigenvalue weighted by Gasteiger charge is -2.38. The summed E-state index contributed by atoms with van der Waals surface area (Å²) in [4.78, 5) is 11.5. The number of aromatic nitrogens is 4. The van der Waals surface area contributed by atoms with Crippen LogP contribution in [0.4, 0.5) is 11.8 Å². The molecule has 7 heteroatoms. The Bertz CT molecular complexity index is 608. The molecule has 0 amide bonds. The fraction of sp³-hybridized carbons (Fsp3) is 0.615. The number of H-pyrrole nitrogens is 1. The summed E-state index contributed by atoms with van der Waals surface area (Å²) in [5.41, 5.74) is 0.794. The standard InChI is InChI=1S/C13H20N6S/c1-4-14-12-16-10-9(7-15-18-10)11(17-12)19-5-6-20-13(2,3)8-19/h7H,4-6,8H2,1-3H3,(H2,14,15,16,17,18). The Balaban J connectivity index is 2.02. The van der Waals surface area contributed by atoms with Gasteiger partial charge in [-0.15, -0.1) is 0 Å². The van der Waals surface area contributed by atoms with Crippen molar-refractivity contribution < 1.29 is 0 Å². The van der Waals surface area contributed by atoms with Gasteiger partial charge in [-0.1, -0.05) is 0 Å². The number of nitrogens with zero attached hydrogens (tertiary/aromatic N) is 4. The highest BCUT2D eigenvalue weighted by Crippen LogP contribution is 2.34. The van der Waals surface area contributed by atoms with Crippen molar-refractivity contribution in [3.63, 3.8) is 0 Å². The zero-order valence-corrected chi connectivity index (χ0v) is 12.9. The van der Waals surface area contributed by atoms with Crippen molar-refractivity contribution in [1.82, 2.24) is 20.2 Å². The average molecular weight is 292 g/mol. The fourth-order valence-electron chi connectivity index (χ4n) is 2.50. The van der Waals surface area contributed by atoms with Crippen molar-refractivity contribution in [3.8, 4) is 0 Å². The van der Waals surface area contributed by atoms with Crippen molar-refractivity contribution in [2.24, 2.45) is 0 Å². The number of hydrogen-bond donors (Lipinski definition) is 2. The van der Waals surface area contributed by atoms with Crippen LogP contribution in [0.1, 0.15) is 20.8 Å². The van der Waals surface area contributed by atoms with Crippen LogP contribution in [0.3, 0.4) is 0 Å². The van der Waals surface area contributed by atoms with Gasteiger partial charge in [0.15, 0.2) is 5.65 Å². The molecule has 6 nitrogen and oxygen atoms in total. The van der Waals surface area contributed by atoms with Crippen molar-refractivity contribution in [2.45, 2.75) is 25.5 Å². The van der Waals surface area contributed by atoms with Crippen LogP contribution in [0, 0.1) is 0 Å². The molecule has 20 heavy (non-hydrogen) atoms. The predicted octanol–water partition coefficient (Wildman–Crippen LogP) is 2.12. The summed E-state index contributed by atoms with van der Waals surface area (Å²) < 4.78 is 0.248. The first-order chi connectivity index (χ1) is 9.59. The molecule has 0 bridgehead atoms. The van der Waals surface area contributed by atoms with E-state index in [1.54, 1.807) is 0 Å². The van der Waals surface area contributed by atoms with Crippen LogP contribution in [-0.4, -0.2) is 50.3 Å². The molecule has 1 aliphatic rings. The van der Waals surface area contributed by atoms with Crippen LogP contribution in [-0.2, 0) is 0 Å². The zero-order chi connectivity index (χ0) is 14.2. The normalized spacial score (nSPS) is 18.4. The fourth-order valence-corrected chi connectivity index (χ4v) is 3.61. The summed E-state index contributed by atoms with van der Waals surface area (Å²) in [6, 6.07) is 0. The van der Waals surface area contributed by atoms with Gasteiger partial charge in [0.05, 0.1) is 11.6 Å². The van der Waals surface area contributed by atoms with Gasteiger partial charge in [0.1, 0.15) is 5.82 Å². The van der Waals surface area contributed by atoms with E-state index in [2.05, 4.69) is 44.2 Å². The second-order valence-electron chi connectivity index (χ2n) is 5.56. The Labute approximate surface area is 122 Å². The molecule has 1 aliphatic heterocycles. The first-order valence-corrected chi connectivity index (χ1v) is 7.91. The summed E-state index contributed by atoms with van der Waals surface area (Å²) in [5, 5.41) is 11.2. The number of fused-ring (bicyclic) bond motifs is 1. The van der Waals surface area contributed by atoms with E-state index in [1.807, 2.05) is 24.9 Å². The molecular formula is C13H20N6S. The van der Waals surface area contributed by atoms with Crippen LogP contribution in [0.15, 0.2) is 6.20 Å². The monoisotopic (exact) mass is 292 g/mol. The number of nitrogens with one attached hydrogen (secondary N) is 2. The largest absolute Gasteiger partial charge is 0.354 e. The Morgan fingerprint density at radius 1 is 1.45 bits per heavy atom. The highest BCUT2D eigenvalue weighted by Gasteiger charge is 2.29. The number of aromatic amines is 1. The number of anilines is 2. The van der Waals surface area contributed by atoms with Crippen LogP contribution in [0.2, 0.25) is 0 Å². The third-order valence-electron chi connectivity index (χ3n) is 3.35. The summed E-state index contributed by atoms with van der Waals surface area (Å²) in [5.74, 6) is 2.76. The van der Waals surface area contributed by atoms with Crippen LogP contribution in [0.25, 0.3) is 11.0 Å². The van der Waals surface area contributed by atoms with Gasteiger partial charge in [-0.2, -0.15) is 26.8 Å². The van der Waals surface area contributed by atoms with Gasteiger partial charge < -0.3 is 10.2 Å². The average Bonchev–Trinajstić information content (AvgIpc) is 2.85. The zero-order valence-electron chi connectivity index (χ0n) is 12.1. The third-order valence-corrected chi connectivity index (χ3v) is 4.65. The number of hydrogen-bond acceptors (Lipinski definition) is 6. The quantitative estimate of drug-likeness (QED) is 0.903. The molecule has 1 saturated heterocycles. The Hall–Kier alpha value is -1.50. The first-order valence-electron chi connectivity index (χ1n) is 6.93. The SMILES string of the molecule is CCNc1nc(N2CCSC(C)(C)C2)c2cn[nH]c2n1. The molecule has 3 heterocycles. The highest BCUT2D eigenvalue weighted by atomic mass is 32.2. The van der Waals surface area contributed by atoms with Gasteiger partial charge in [-0.25, -0.2) is 0 Å². The van der Waals surface area contributed by atoms with E-state index in [1.165, 1.54) is 0 Å². The van der Waals surface area contributed by atoms with Crippen LogP contribution in [0.5, 0.6) is 0 Å². The maximum Gasteiger partial charge on any atom is 0.226 e. The molecule has 1 fully saturated rings. The number of rotatable bonds is 3. The lowest BCUT2D eigenvalue weighted by atomic mass is 10.2. The summed E-state index contributed by atoms with van der Waals surface area (Å²) in [6.45, 7) is 9.41. The van der Waals surface area contributed by atoms with Crippen molar-refractivity contribution in [1.29, 1.82) is 0 Å². The molecule has 2 N–H and O–H groups in total. The van der Waals surface area contributed by atoms with E-state index in [0.717, 1.165) is 42.2 Å². The summed E-state index contributed by atoms with van der Waals surface area (Å²) >= 11 is 2.02. The molecule has 0 radical (unpaired) electrons. The topological polar surface area (TPSA) is 69.7 Å². The van der Waals surface area contributed by atoms with Gasteiger partial charge in [-0.05, 0) is 20.8 Å². The Morgan fingerprint density at radius 3 is 3.05 bits per heavy atom. The first kappa shape index (κ1) is 13.5. The minimum Gasteiger partial charge on any atom is -0.354 e. The van der Waals surface area contributed by atoms with E-state index in [9.17, 15) is 0 Å². The molecule has 0 atom stereocenters. The van der Waals surface area contributed by atoms with E-state index in [0.29, 0.717) is 5.95 Å². The second kappa shape index (κ2) is 5.12. The van der Waals surface area contributed by atoms with E-state index in [-0.39, 0.29) is 4.75 Å². The summed E-state index contributed by atoms with van der Waals surface area (Å²) in [7, 11) is 0. The second-order valence-corrected chi connectivity index (χ2v) is 7.37.